The minimum absolute atomic E-state index is 0.324. The van der Waals surface area contributed by atoms with Crippen LogP contribution in [0.1, 0.15) is 37.7 Å². The van der Waals surface area contributed by atoms with Crippen LogP contribution in [0, 0.1) is 5.92 Å². The maximum atomic E-state index is 13.7. The predicted octanol–water partition coefficient (Wildman–Crippen LogP) is 4.53. The topological polar surface area (TPSA) is 47.0 Å². The van der Waals surface area contributed by atoms with Gasteiger partial charge >= 0.3 is 0 Å². The van der Waals surface area contributed by atoms with E-state index >= 15 is 0 Å². The number of phenolic OH excluding ortho intramolecular Hbond substituents is 1. The number of nitrogens with zero attached hydrogens (tertiary/aromatic N) is 3. The number of phenols is 1. The highest BCUT2D eigenvalue weighted by Gasteiger charge is 2.48. The lowest BCUT2D eigenvalue weighted by atomic mass is 9.63. The van der Waals surface area contributed by atoms with E-state index in [1.165, 1.54) is 6.42 Å². The zero-order chi connectivity index (χ0) is 22.8. The minimum atomic E-state index is -0.338. The van der Waals surface area contributed by atoms with Gasteiger partial charge in [0.05, 0.1) is 11.1 Å². The Balaban J connectivity index is 1.18. The van der Waals surface area contributed by atoms with Gasteiger partial charge in [-0.3, -0.25) is 9.69 Å². The van der Waals surface area contributed by atoms with Crippen molar-refractivity contribution in [3.8, 4) is 5.75 Å². The fourth-order valence-electron chi connectivity index (χ4n) is 5.89. The number of carbonyl (C=O) groups excluding carboxylic acids is 1. The van der Waals surface area contributed by atoms with Crippen LogP contribution in [0.5, 0.6) is 5.75 Å². The molecule has 33 heavy (non-hydrogen) atoms. The van der Waals surface area contributed by atoms with E-state index in [1.807, 2.05) is 42.5 Å². The average molecular weight is 468 g/mol. The van der Waals surface area contributed by atoms with Crippen LogP contribution >= 0.6 is 11.6 Å². The molecule has 2 aromatic carbocycles. The number of anilines is 1. The Bertz CT molecular complexity index is 968. The van der Waals surface area contributed by atoms with E-state index in [1.54, 1.807) is 6.07 Å². The van der Waals surface area contributed by atoms with Crippen molar-refractivity contribution in [1.82, 2.24) is 9.80 Å². The van der Waals surface area contributed by atoms with E-state index in [-0.39, 0.29) is 5.41 Å². The summed E-state index contributed by atoms with van der Waals surface area (Å²) in [6.07, 6.45) is 5.29. The van der Waals surface area contributed by atoms with Crippen LogP contribution in [-0.2, 0) is 10.2 Å². The van der Waals surface area contributed by atoms with Gasteiger partial charge in [-0.1, -0.05) is 42.3 Å². The van der Waals surface area contributed by atoms with Crippen LogP contribution in [-0.4, -0.2) is 66.6 Å². The number of halogens is 1. The van der Waals surface area contributed by atoms with Gasteiger partial charge in [0.25, 0.3) is 0 Å². The molecule has 2 saturated heterocycles. The van der Waals surface area contributed by atoms with Gasteiger partial charge < -0.3 is 14.9 Å². The zero-order valence-corrected chi connectivity index (χ0v) is 20.0. The monoisotopic (exact) mass is 467 g/mol. The van der Waals surface area contributed by atoms with Crippen molar-refractivity contribution in [2.24, 2.45) is 5.92 Å². The van der Waals surface area contributed by atoms with Gasteiger partial charge in [-0.25, -0.2) is 0 Å². The van der Waals surface area contributed by atoms with Crippen LogP contribution in [0.4, 0.5) is 5.69 Å². The van der Waals surface area contributed by atoms with Gasteiger partial charge in [-0.15, -0.1) is 0 Å². The molecule has 5 rings (SSSR count). The summed E-state index contributed by atoms with van der Waals surface area (Å²) in [7, 11) is 0. The molecule has 0 bridgehead atoms. The summed E-state index contributed by atoms with van der Waals surface area (Å²) in [5, 5.41) is 10.9. The molecule has 0 spiro atoms. The number of piperidine rings is 1. The number of amides is 1. The van der Waals surface area contributed by atoms with E-state index in [4.69, 9.17) is 11.6 Å². The van der Waals surface area contributed by atoms with Crippen LogP contribution < -0.4 is 4.90 Å². The first kappa shape index (κ1) is 22.5. The number of benzene rings is 2. The van der Waals surface area contributed by atoms with Gasteiger partial charge in [0.1, 0.15) is 5.75 Å². The lowest BCUT2D eigenvalue weighted by Gasteiger charge is -2.46. The fourth-order valence-corrected chi connectivity index (χ4v) is 6.02. The second-order valence-corrected chi connectivity index (χ2v) is 10.4. The third kappa shape index (κ3) is 4.58. The molecule has 0 radical (unpaired) electrons. The van der Waals surface area contributed by atoms with Gasteiger partial charge in [0, 0.05) is 50.8 Å². The maximum Gasteiger partial charge on any atom is 0.233 e. The molecule has 1 aliphatic carbocycles. The summed E-state index contributed by atoms with van der Waals surface area (Å²) in [6.45, 7) is 6.63. The van der Waals surface area contributed by atoms with E-state index in [0.29, 0.717) is 17.6 Å². The van der Waals surface area contributed by atoms with Crippen molar-refractivity contribution in [2.75, 3.05) is 50.7 Å². The number of hydrogen-bond acceptors (Lipinski definition) is 4. The second-order valence-electron chi connectivity index (χ2n) is 9.98. The van der Waals surface area contributed by atoms with Gasteiger partial charge in [-0.05, 0) is 61.4 Å². The summed E-state index contributed by atoms with van der Waals surface area (Å²) in [5.41, 5.74) is 1.72. The SMILES string of the molecule is O=C(N1CCCC(CN2CCN(c3ccccc3O)CC2)C1)C1(c2ccc(Cl)cc2)CCC1. The highest BCUT2D eigenvalue weighted by Crippen LogP contribution is 2.46. The molecule has 2 aromatic rings. The standard InChI is InChI=1S/C27H34ClN3O2/c28-23-10-8-22(9-11-23)27(12-4-13-27)26(33)31-14-3-5-21(20-31)19-29-15-17-30(18-16-29)24-6-1-2-7-25(24)32/h1-2,6-11,21,32H,3-5,12-20H2. The summed E-state index contributed by atoms with van der Waals surface area (Å²) < 4.78 is 0. The number of rotatable bonds is 5. The second kappa shape index (κ2) is 9.55. The first-order chi connectivity index (χ1) is 16.0. The van der Waals surface area contributed by atoms with Crippen molar-refractivity contribution in [1.29, 1.82) is 0 Å². The summed E-state index contributed by atoms with van der Waals surface area (Å²) in [6, 6.07) is 15.5. The molecule has 2 heterocycles. The van der Waals surface area contributed by atoms with Crippen molar-refractivity contribution in [3.05, 3.63) is 59.1 Å². The molecule has 5 nitrogen and oxygen atoms in total. The van der Waals surface area contributed by atoms with E-state index < -0.39 is 0 Å². The predicted molar refractivity (Wildman–Crippen MR) is 133 cm³/mol. The molecule has 3 fully saturated rings. The Kier molecular flexibility index (Phi) is 6.53. The number of likely N-dealkylation sites (tertiary alicyclic amines) is 1. The van der Waals surface area contributed by atoms with Crippen LogP contribution in [0.15, 0.2) is 48.5 Å². The maximum absolute atomic E-state index is 13.7. The average Bonchev–Trinajstić information content (AvgIpc) is 2.81. The van der Waals surface area contributed by atoms with Crippen molar-refractivity contribution < 1.29 is 9.90 Å². The molecule has 1 unspecified atom stereocenters. The molecule has 1 saturated carbocycles. The summed E-state index contributed by atoms with van der Waals surface area (Å²) >= 11 is 6.10. The Morgan fingerprint density at radius 3 is 2.36 bits per heavy atom. The fraction of sp³-hybridized carbons (Fsp3) is 0.519. The summed E-state index contributed by atoms with van der Waals surface area (Å²) in [4.78, 5) is 20.7. The molecule has 3 aliphatic rings. The lowest BCUT2D eigenvalue weighted by molar-refractivity contribution is -0.143. The van der Waals surface area contributed by atoms with E-state index in [9.17, 15) is 9.90 Å². The molecule has 1 N–H and O–H groups in total. The van der Waals surface area contributed by atoms with E-state index in [2.05, 4.69) is 14.7 Å². The quantitative estimate of drug-likeness (QED) is 0.701. The first-order valence-electron chi connectivity index (χ1n) is 12.4. The Morgan fingerprint density at radius 2 is 1.70 bits per heavy atom. The van der Waals surface area contributed by atoms with Gasteiger partial charge in [0.2, 0.25) is 5.91 Å². The lowest BCUT2D eigenvalue weighted by Crippen LogP contribution is -2.55. The minimum Gasteiger partial charge on any atom is -0.506 e. The number of hydrogen-bond donors (Lipinski definition) is 1. The van der Waals surface area contributed by atoms with Gasteiger partial charge in [-0.2, -0.15) is 0 Å². The summed E-state index contributed by atoms with van der Waals surface area (Å²) in [5.74, 6) is 1.21. The Hall–Kier alpha value is -2.24. The number of para-hydroxylation sites is 2. The van der Waals surface area contributed by atoms with Gasteiger partial charge in [0.15, 0.2) is 0 Å². The van der Waals surface area contributed by atoms with Crippen LogP contribution in [0.3, 0.4) is 0 Å². The molecule has 2 aliphatic heterocycles. The van der Waals surface area contributed by atoms with Crippen LogP contribution in [0.25, 0.3) is 0 Å². The van der Waals surface area contributed by atoms with E-state index in [0.717, 1.165) is 87.8 Å². The molecule has 1 atom stereocenters. The molecular formula is C27H34ClN3O2. The molecule has 6 heteroatoms. The molecular weight excluding hydrogens is 434 g/mol. The third-order valence-electron chi connectivity index (χ3n) is 7.93. The number of carbonyl (C=O) groups is 1. The van der Waals surface area contributed by atoms with Crippen molar-refractivity contribution >= 4 is 23.2 Å². The Labute approximate surface area is 201 Å². The molecule has 1 amide bonds. The smallest absolute Gasteiger partial charge is 0.233 e. The highest BCUT2D eigenvalue weighted by molar-refractivity contribution is 6.30. The number of piperazine rings is 1. The molecule has 0 aromatic heterocycles. The Morgan fingerprint density at radius 1 is 0.970 bits per heavy atom. The highest BCUT2D eigenvalue weighted by atomic mass is 35.5. The largest absolute Gasteiger partial charge is 0.506 e. The number of aromatic hydroxyl groups is 1. The zero-order valence-electron chi connectivity index (χ0n) is 19.3. The third-order valence-corrected chi connectivity index (χ3v) is 8.18. The van der Waals surface area contributed by atoms with Crippen LogP contribution in [0.2, 0.25) is 5.02 Å². The first-order valence-corrected chi connectivity index (χ1v) is 12.7. The normalized spacial score (nSPS) is 23.2. The van der Waals surface area contributed by atoms with Crippen molar-refractivity contribution in [3.63, 3.8) is 0 Å². The van der Waals surface area contributed by atoms with Crippen molar-refractivity contribution in [2.45, 2.75) is 37.5 Å². The molecule has 176 valence electrons.